The van der Waals surface area contributed by atoms with Crippen LogP contribution in [0.15, 0.2) is 12.1 Å². The Morgan fingerprint density at radius 3 is 2.38 bits per heavy atom. The van der Waals surface area contributed by atoms with Gasteiger partial charge in [-0.15, -0.1) is 0 Å². The summed E-state index contributed by atoms with van der Waals surface area (Å²) in [6.07, 6.45) is 7.07. The average Bonchev–Trinajstić information content (AvgIpc) is 2.66. The zero-order valence-corrected chi connectivity index (χ0v) is 16.4. The molecule has 6 rings (SSSR count). The molecule has 0 amide bonds. The van der Waals surface area contributed by atoms with Crippen molar-refractivity contribution < 1.29 is 14.2 Å². The lowest BCUT2D eigenvalue weighted by molar-refractivity contribution is -0.193. The Bertz CT molecular complexity index is 741. The van der Waals surface area contributed by atoms with Gasteiger partial charge in [0.05, 0.1) is 25.4 Å². The summed E-state index contributed by atoms with van der Waals surface area (Å²) < 4.78 is 17.6. The zero-order chi connectivity index (χ0) is 18.2. The van der Waals surface area contributed by atoms with Crippen LogP contribution in [-0.2, 0) is 10.3 Å². The highest BCUT2D eigenvalue weighted by molar-refractivity contribution is 5.76. The van der Waals surface area contributed by atoms with Crippen LogP contribution < -0.4 is 14.8 Å². The molecule has 2 aliphatic heterocycles. The van der Waals surface area contributed by atoms with Crippen LogP contribution in [0.1, 0.15) is 44.1 Å². The third-order valence-electron chi connectivity index (χ3n) is 8.17. The van der Waals surface area contributed by atoms with Crippen molar-refractivity contribution >= 4 is 5.69 Å². The van der Waals surface area contributed by atoms with Crippen molar-refractivity contribution in [3.8, 4) is 11.5 Å². The second-order valence-electron chi connectivity index (χ2n) is 8.76. The number of ether oxygens (including phenoxy) is 3. The molecule has 1 spiro atoms. The molecule has 5 aliphatic rings. The first-order valence-corrected chi connectivity index (χ1v) is 9.84. The minimum absolute atomic E-state index is 0.0111. The van der Waals surface area contributed by atoms with Gasteiger partial charge in [-0.05, 0) is 57.8 Å². The SMILES string of the molecule is COc1ccc2c(c1OC)C1(CC3(OC)CCC1(C1CCN1C)CC3)N2. The van der Waals surface area contributed by atoms with Gasteiger partial charge in [0.1, 0.15) is 0 Å². The molecule has 2 heterocycles. The second kappa shape index (κ2) is 5.29. The van der Waals surface area contributed by atoms with Gasteiger partial charge < -0.3 is 24.4 Å². The van der Waals surface area contributed by atoms with Crippen molar-refractivity contribution in [3.63, 3.8) is 0 Å². The maximum Gasteiger partial charge on any atom is 0.168 e. The highest BCUT2D eigenvalue weighted by atomic mass is 16.5. The van der Waals surface area contributed by atoms with Crippen molar-refractivity contribution in [1.29, 1.82) is 0 Å². The third-order valence-corrected chi connectivity index (χ3v) is 8.17. The number of rotatable bonds is 4. The Kier molecular flexibility index (Phi) is 3.40. The van der Waals surface area contributed by atoms with Gasteiger partial charge in [-0.3, -0.25) is 0 Å². The standard InChI is InChI=1S/C21H30N2O3/c1-23-12-7-16(23)20-10-8-19(26-4,9-11-20)13-21(20)17-14(22-21)5-6-15(24-2)18(17)25-3/h5-6,16,22H,7-13H2,1-4H3. The molecule has 2 bridgehead atoms. The fourth-order valence-electron chi connectivity index (χ4n) is 6.71. The molecule has 142 valence electrons. The Balaban J connectivity index is 1.69. The van der Waals surface area contributed by atoms with E-state index in [9.17, 15) is 0 Å². The van der Waals surface area contributed by atoms with Crippen LogP contribution in [0.4, 0.5) is 5.69 Å². The lowest BCUT2D eigenvalue weighted by Gasteiger charge is -2.72. The van der Waals surface area contributed by atoms with Gasteiger partial charge in [-0.1, -0.05) is 0 Å². The van der Waals surface area contributed by atoms with E-state index in [4.69, 9.17) is 14.2 Å². The summed E-state index contributed by atoms with van der Waals surface area (Å²) in [6.45, 7) is 1.21. The van der Waals surface area contributed by atoms with E-state index in [-0.39, 0.29) is 16.6 Å². The number of hydrogen-bond donors (Lipinski definition) is 1. The van der Waals surface area contributed by atoms with E-state index in [1.165, 1.54) is 49.9 Å². The van der Waals surface area contributed by atoms with Crippen molar-refractivity contribution in [2.45, 2.75) is 55.7 Å². The second-order valence-corrected chi connectivity index (χ2v) is 8.76. The molecule has 5 nitrogen and oxygen atoms in total. The fourth-order valence-corrected chi connectivity index (χ4v) is 6.71. The summed E-state index contributed by atoms with van der Waals surface area (Å²) in [5.41, 5.74) is 2.67. The topological polar surface area (TPSA) is 43.0 Å². The van der Waals surface area contributed by atoms with E-state index in [0.717, 1.165) is 17.9 Å². The van der Waals surface area contributed by atoms with Crippen LogP contribution >= 0.6 is 0 Å². The summed E-state index contributed by atoms with van der Waals surface area (Å²) in [6, 6.07) is 4.78. The maximum absolute atomic E-state index is 6.12. The number of methoxy groups -OCH3 is 3. The Hall–Kier alpha value is -1.46. The van der Waals surface area contributed by atoms with E-state index in [1.807, 2.05) is 13.2 Å². The van der Waals surface area contributed by atoms with E-state index in [1.54, 1.807) is 14.2 Å². The van der Waals surface area contributed by atoms with Crippen LogP contribution in [0.2, 0.25) is 0 Å². The summed E-state index contributed by atoms with van der Waals surface area (Å²) in [4.78, 5) is 2.55. The number of fused-ring (bicyclic) bond motifs is 3. The minimum atomic E-state index is -0.0753. The zero-order valence-electron chi connectivity index (χ0n) is 16.4. The fraction of sp³-hybridized carbons (Fsp3) is 0.714. The van der Waals surface area contributed by atoms with Gasteiger partial charge in [0.2, 0.25) is 0 Å². The molecule has 0 radical (unpaired) electrons. The number of nitrogens with one attached hydrogen (secondary N) is 1. The van der Waals surface area contributed by atoms with Crippen molar-refractivity contribution in [2.75, 3.05) is 40.2 Å². The van der Waals surface area contributed by atoms with Crippen LogP contribution in [-0.4, -0.2) is 51.5 Å². The largest absolute Gasteiger partial charge is 0.493 e. The molecular formula is C21H30N2O3. The van der Waals surface area contributed by atoms with Gasteiger partial charge in [0, 0.05) is 36.2 Å². The first kappa shape index (κ1) is 16.7. The minimum Gasteiger partial charge on any atom is -0.493 e. The summed E-state index contributed by atoms with van der Waals surface area (Å²) in [5.74, 6) is 1.74. The van der Waals surface area contributed by atoms with Gasteiger partial charge >= 0.3 is 0 Å². The van der Waals surface area contributed by atoms with Crippen molar-refractivity contribution in [1.82, 2.24) is 4.90 Å². The average molecular weight is 358 g/mol. The maximum atomic E-state index is 6.12. The van der Waals surface area contributed by atoms with Gasteiger partial charge in [0.25, 0.3) is 0 Å². The molecule has 0 aromatic heterocycles. The molecule has 3 aliphatic carbocycles. The van der Waals surface area contributed by atoms with Gasteiger partial charge in [0.15, 0.2) is 11.5 Å². The van der Waals surface area contributed by atoms with E-state index in [2.05, 4.69) is 23.3 Å². The molecule has 1 aromatic rings. The van der Waals surface area contributed by atoms with E-state index >= 15 is 0 Å². The van der Waals surface area contributed by atoms with Crippen LogP contribution in [0, 0.1) is 5.41 Å². The number of hydrogen-bond acceptors (Lipinski definition) is 5. The van der Waals surface area contributed by atoms with E-state index in [0.29, 0.717) is 6.04 Å². The predicted molar refractivity (Wildman–Crippen MR) is 101 cm³/mol. The molecule has 3 saturated carbocycles. The Morgan fingerprint density at radius 1 is 1.08 bits per heavy atom. The smallest absolute Gasteiger partial charge is 0.168 e. The van der Waals surface area contributed by atoms with Crippen LogP contribution in [0.3, 0.4) is 0 Å². The molecule has 1 N–H and O–H groups in total. The molecule has 26 heavy (non-hydrogen) atoms. The molecule has 2 atom stereocenters. The summed E-state index contributed by atoms with van der Waals surface area (Å²) >= 11 is 0. The van der Waals surface area contributed by atoms with Crippen molar-refractivity contribution in [2.24, 2.45) is 5.41 Å². The van der Waals surface area contributed by atoms with Crippen LogP contribution in [0.5, 0.6) is 11.5 Å². The van der Waals surface area contributed by atoms with E-state index < -0.39 is 0 Å². The Labute approximate surface area is 156 Å². The highest BCUT2D eigenvalue weighted by Crippen LogP contribution is 2.72. The molecule has 4 fully saturated rings. The predicted octanol–water partition coefficient (Wildman–Crippen LogP) is 3.38. The van der Waals surface area contributed by atoms with Gasteiger partial charge in [-0.2, -0.15) is 0 Å². The first-order chi connectivity index (χ1) is 12.5. The number of nitrogens with zero attached hydrogens (tertiary/aromatic N) is 1. The molecule has 2 unspecified atom stereocenters. The number of benzene rings is 1. The lowest BCUT2D eigenvalue weighted by atomic mass is 9.42. The first-order valence-electron chi connectivity index (χ1n) is 9.84. The molecule has 1 saturated heterocycles. The Morgan fingerprint density at radius 2 is 1.85 bits per heavy atom. The molecular weight excluding hydrogens is 328 g/mol. The lowest BCUT2D eigenvalue weighted by Crippen LogP contribution is -2.74. The third kappa shape index (κ3) is 1.74. The monoisotopic (exact) mass is 358 g/mol. The molecule has 5 heteroatoms. The van der Waals surface area contributed by atoms with Crippen LogP contribution in [0.25, 0.3) is 0 Å². The molecule has 1 aromatic carbocycles. The normalized spacial score (nSPS) is 40.4. The van der Waals surface area contributed by atoms with Crippen molar-refractivity contribution in [3.05, 3.63) is 17.7 Å². The highest BCUT2D eigenvalue weighted by Gasteiger charge is 2.71. The quantitative estimate of drug-likeness (QED) is 0.894. The number of anilines is 1. The summed E-state index contributed by atoms with van der Waals surface area (Å²) in [7, 11) is 7.66. The summed E-state index contributed by atoms with van der Waals surface area (Å²) in [5, 5.41) is 3.92. The van der Waals surface area contributed by atoms with Gasteiger partial charge in [-0.25, -0.2) is 0 Å². The number of likely N-dealkylation sites (tertiary alicyclic amines) is 1.